The summed E-state index contributed by atoms with van der Waals surface area (Å²) >= 11 is 1.31. The quantitative estimate of drug-likeness (QED) is 0.813. The van der Waals surface area contributed by atoms with Gasteiger partial charge in [-0.2, -0.15) is 0 Å². The van der Waals surface area contributed by atoms with Crippen LogP contribution in [0, 0.1) is 12.8 Å². The van der Waals surface area contributed by atoms with Gasteiger partial charge in [0.15, 0.2) is 5.16 Å². The van der Waals surface area contributed by atoms with E-state index in [0.29, 0.717) is 0 Å². The maximum atomic E-state index is 10.6. The number of thioether (sulfide) groups is 1. The van der Waals surface area contributed by atoms with E-state index >= 15 is 0 Å². The van der Waals surface area contributed by atoms with Crippen LogP contribution in [-0.2, 0) is 11.3 Å². The number of aliphatic carboxylic acids is 1. The Morgan fingerprint density at radius 2 is 2.21 bits per heavy atom. The Bertz CT molecular complexity index is 425. The Morgan fingerprint density at radius 1 is 1.47 bits per heavy atom. The summed E-state index contributed by atoms with van der Waals surface area (Å²) in [5, 5.41) is 9.59. The van der Waals surface area contributed by atoms with Gasteiger partial charge in [0, 0.05) is 18.4 Å². The Hall–Kier alpha value is -0.970. The lowest BCUT2D eigenvalue weighted by Gasteiger charge is -2.22. The summed E-state index contributed by atoms with van der Waals surface area (Å²) < 4.78 is 2.17. The molecule has 0 saturated heterocycles. The highest BCUT2D eigenvalue weighted by molar-refractivity contribution is 7.99. The summed E-state index contributed by atoms with van der Waals surface area (Å²) in [7, 11) is 0. The summed E-state index contributed by atoms with van der Waals surface area (Å²) in [5.41, 5.74) is 1.13. The summed E-state index contributed by atoms with van der Waals surface area (Å²) in [6.07, 6.45) is 9.86. The molecule has 1 aliphatic carbocycles. The second-order valence-electron chi connectivity index (χ2n) is 5.31. The van der Waals surface area contributed by atoms with Crippen LogP contribution in [-0.4, -0.2) is 26.4 Å². The molecule has 0 unspecified atom stereocenters. The van der Waals surface area contributed by atoms with Crippen molar-refractivity contribution in [2.75, 3.05) is 5.75 Å². The molecule has 5 heteroatoms. The molecule has 0 radical (unpaired) electrons. The predicted octanol–water partition coefficient (Wildman–Crippen LogP) is 3.34. The molecule has 2 rings (SSSR count). The molecule has 0 aliphatic heterocycles. The van der Waals surface area contributed by atoms with E-state index in [1.54, 1.807) is 0 Å². The molecule has 1 aliphatic rings. The third kappa shape index (κ3) is 4.27. The fraction of sp³-hybridized carbons (Fsp3) is 0.714. The zero-order valence-corrected chi connectivity index (χ0v) is 12.3. The lowest BCUT2D eigenvalue weighted by Crippen LogP contribution is -2.12. The molecule has 1 aromatic rings. The topological polar surface area (TPSA) is 55.1 Å². The van der Waals surface area contributed by atoms with Crippen molar-refractivity contribution in [2.45, 2.75) is 57.1 Å². The van der Waals surface area contributed by atoms with Gasteiger partial charge in [-0.25, -0.2) is 4.98 Å². The van der Waals surface area contributed by atoms with Crippen LogP contribution >= 0.6 is 11.8 Å². The van der Waals surface area contributed by atoms with E-state index in [4.69, 9.17) is 5.11 Å². The van der Waals surface area contributed by atoms with Crippen LogP contribution in [0.3, 0.4) is 0 Å². The third-order valence-electron chi connectivity index (χ3n) is 3.83. The smallest absolute Gasteiger partial charge is 0.313 e. The van der Waals surface area contributed by atoms with E-state index in [9.17, 15) is 4.79 Å². The van der Waals surface area contributed by atoms with Gasteiger partial charge in [0.25, 0.3) is 0 Å². The SMILES string of the molecule is Cc1cnc(SCC(=O)O)n1CCC1CCCCC1. The first kappa shape index (κ1) is 14.4. The molecule has 1 saturated carbocycles. The molecule has 106 valence electrons. The molecular weight excluding hydrogens is 260 g/mol. The van der Waals surface area contributed by atoms with Crippen LogP contribution in [0.5, 0.6) is 0 Å². The molecule has 1 N–H and O–H groups in total. The molecule has 1 aromatic heterocycles. The van der Waals surface area contributed by atoms with Crippen LogP contribution in [0.4, 0.5) is 0 Å². The Labute approximate surface area is 118 Å². The van der Waals surface area contributed by atoms with E-state index in [0.717, 1.165) is 23.3 Å². The van der Waals surface area contributed by atoms with E-state index in [2.05, 4.69) is 9.55 Å². The van der Waals surface area contributed by atoms with Gasteiger partial charge in [0.2, 0.25) is 0 Å². The van der Waals surface area contributed by atoms with Crippen molar-refractivity contribution in [1.82, 2.24) is 9.55 Å². The fourth-order valence-corrected chi connectivity index (χ4v) is 3.51. The van der Waals surface area contributed by atoms with E-state index in [1.807, 2.05) is 13.1 Å². The summed E-state index contributed by atoms with van der Waals surface area (Å²) in [6, 6.07) is 0. The van der Waals surface area contributed by atoms with E-state index in [1.165, 1.54) is 50.3 Å². The Balaban J connectivity index is 1.90. The minimum atomic E-state index is -0.788. The first-order valence-electron chi connectivity index (χ1n) is 7.03. The number of hydrogen-bond donors (Lipinski definition) is 1. The van der Waals surface area contributed by atoms with Gasteiger partial charge < -0.3 is 9.67 Å². The van der Waals surface area contributed by atoms with Gasteiger partial charge in [-0.3, -0.25) is 4.79 Å². The molecule has 0 bridgehead atoms. The van der Waals surface area contributed by atoms with Crippen LogP contribution in [0.25, 0.3) is 0 Å². The Kier molecular flexibility index (Phi) is 5.31. The van der Waals surface area contributed by atoms with Crippen molar-refractivity contribution >= 4 is 17.7 Å². The van der Waals surface area contributed by atoms with E-state index in [-0.39, 0.29) is 5.75 Å². The van der Waals surface area contributed by atoms with Gasteiger partial charge >= 0.3 is 5.97 Å². The number of carboxylic acids is 1. The van der Waals surface area contributed by atoms with Crippen molar-refractivity contribution < 1.29 is 9.90 Å². The minimum Gasteiger partial charge on any atom is -0.481 e. The van der Waals surface area contributed by atoms with Crippen molar-refractivity contribution in [3.8, 4) is 0 Å². The molecule has 0 atom stereocenters. The van der Waals surface area contributed by atoms with Crippen molar-refractivity contribution in [3.63, 3.8) is 0 Å². The molecular formula is C14H22N2O2S. The van der Waals surface area contributed by atoms with E-state index < -0.39 is 5.97 Å². The number of imidazole rings is 1. The van der Waals surface area contributed by atoms with Crippen molar-refractivity contribution in [3.05, 3.63) is 11.9 Å². The lowest BCUT2D eigenvalue weighted by molar-refractivity contribution is -0.133. The van der Waals surface area contributed by atoms with Gasteiger partial charge in [-0.1, -0.05) is 43.9 Å². The number of carbonyl (C=O) groups is 1. The van der Waals surface area contributed by atoms with Crippen LogP contribution in [0.15, 0.2) is 11.4 Å². The number of aromatic nitrogens is 2. The Morgan fingerprint density at radius 3 is 2.89 bits per heavy atom. The summed E-state index contributed by atoms with van der Waals surface area (Å²) in [6.45, 7) is 3.01. The molecule has 0 spiro atoms. The average molecular weight is 282 g/mol. The fourth-order valence-electron chi connectivity index (χ4n) is 2.74. The number of aryl methyl sites for hydroxylation is 1. The first-order chi connectivity index (χ1) is 9.16. The summed E-state index contributed by atoms with van der Waals surface area (Å²) in [4.78, 5) is 15.0. The zero-order chi connectivity index (χ0) is 13.7. The highest BCUT2D eigenvalue weighted by Gasteiger charge is 2.15. The van der Waals surface area contributed by atoms with Crippen LogP contribution in [0.2, 0.25) is 0 Å². The minimum absolute atomic E-state index is 0.0832. The van der Waals surface area contributed by atoms with Crippen molar-refractivity contribution in [2.24, 2.45) is 5.92 Å². The van der Waals surface area contributed by atoms with Crippen LogP contribution in [0.1, 0.15) is 44.2 Å². The standard InChI is InChI=1S/C14H22N2O2S/c1-11-9-15-14(19-10-13(17)18)16(11)8-7-12-5-3-2-4-6-12/h9,12H,2-8,10H2,1H3,(H,17,18). The number of nitrogens with zero attached hydrogens (tertiary/aromatic N) is 2. The zero-order valence-electron chi connectivity index (χ0n) is 11.5. The van der Waals surface area contributed by atoms with Gasteiger partial charge in [-0.15, -0.1) is 0 Å². The molecule has 0 amide bonds. The number of rotatable bonds is 6. The largest absolute Gasteiger partial charge is 0.481 e. The summed E-state index contributed by atoms with van der Waals surface area (Å²) in [5.74, 6) is 0.136. The molecule has 19 heavy (non-hydrogen) atoms. The van der Waals surface area contributed by atoms with Crippen molar-refractivity contribution in [1.29, 1.82) is 0 Å². The first-order valence-corrected chi connectivity index (χ1v) is 8.02. The second-order valence-corrected chi connectivity index (χ2v) is 6.25. The van der Waals surface area contributed by atoms with Gasteiger partial charge in [0.05, 0.1) is 5.75 Å². The average Bonchev–Trinajstić information content (AvgIpc) is 2.76. The maximum absolute atomic E-state index is 10.6. The highest BCUT2D eigenvalue weighted by atomic mass is 32.2. The number of hydrogen-bond acceptors (Lipinski definition) is 3. The van der Waals surface area contributed by atoms with Gasteiger partial charge in [0.1, 0.15) is 0 Å². The molecule has 4 nitrogen and oxygen atoms in total. The molecule has 0 aromatic carbocycles. The monoisotopic (exact) mass is 282 g/mol. The predicted molar refractivity (Wildman–Crippen MR) is 76.5 cm³/mol. The second kappa shape index (κ2) is 6.98. The lowest BCUT2D eigenvalue weighted by atomic mass is 9.87. The van der Waals surface area contributed by atoms with Gasteiger partial charge in [-0.05, 0) is 19.3 Å². The number of carboxylic acid groups (broad SMARTS) is 1. The maximum Gasteiger partial charge on any atom is 0.313 e. The normalized spacial score (nSPS) is 16.7. The highest BCUT2D eigenvalue weighted by Crippen LogP contribution is 2.28. The van der Waals surface area contributed by atoms with Crippen LogP contribution < -0.4 is 0 Å². The third-order valence-corrected chi connectivity index (χ3v) is 4.80. The molecule has 1 heterocycles. The molecule has 1 fully saturated rings.